The Bertz CT molecular complexity index is 694. The number of carbonyl (C=O) groups is 1. The number of amides is 1. The van der Waals surface area contributed by atoms with Gasteiger partial charge in [0.05, 0.1) is 17.0 Å². The number of hydrogen-bond acceptors (Lipinski definition) is 2. The molecule has 1 fully saturated rings. The molecule has 3 rings (SSSR count). The van der Waals surface area contributed by atoms with Crippen LogP contribution in [0.2, 0.25) is 0 Å². The van der Waals surface area contributed by atoms with Crippen LogP contribution in [0.1, 0.15) is 23.2 Å². The summed E-state index contributed by atoms with van der Waals surface area (Å²) in [5, 5.41) is 0.803. The molecule has 0 bridgehead atoms. The van der Waals surface area contributed by atoms with E-state index < -0.39 is 12.1 Å². The molecule has 2 aromatic rings. The van der Waals surface area contributed by atoms with Gasteiger partial charge in [-0.3, -0.25) is 9.78 Å². The molecular formula is C16H15F3N2O. The lowest BCUT2D eigenvalue weighted by Gasteiger charge is -2.33. The van der Waals surface area contributed by atoms with Crippen LogP contribution in [0.3, 0.4) is 0 Å². The van der Waals surface area contributed by atoms with Gasteiger partial charge in [0.1, 0.15) is 0 Å². The molecule has 0 saturated carbocycles. The van der Waals surface area contributed by atoms with Crippen LogP contribution in [0, 0.1) is 5.92 Å². The van der Waals surface area contributed by atoms with Crippen molar-refractivity contribution in [3.63, 3.8) is 0 Å². The number of likely N-dealkylation sites (tertiary alicyclic amines) is 1. The van der Waals surface area contributed by atoms with E-state index in [9.17, 15) is 18.0 Å². The zero-order valence-electron chi connectivity index (χ0n) is 11.8. The van der Waals surface area contributed by atoms with E-state index in [1.54, 1.807) is 24.4 Å². The summed E-state index contributed by atoms with van der Waals surface area (Å²) in [5.41, 5.74) is 0.894. The van der Waals surface area contributed by atoms with Crippen LogP contribution in [0.25, 0.3) is 10.9 Å². The first-order valence-electron chi connectivity index (χ1n) is 7.16. The number of alkyl halides is 3. The Kier molecular flexibility index (Phi) is 3.76. The zero-order chi connectivity index (χ0) is 15.7. The molecule has 1 amide bonds. The predicted octanol–water partition coefficient (Wildman–Crippen LogP) is 3.65. The molecule has 1 aromatic carbocycles. The minimum absolute atomic E-state index is 0.0844. The highest BCUT2D eigenvalue weighted by atomic mass is 19.4. The van der Waals surface area contributed by atoms with Crippen LogP contribution >= 0.6 is 0 Å². The van der Waals surface area contributed by atoms with E-state index in [1.165, 1.54) is 4.90 Å². The number of benzene rings is 1. The maximum absolute atomic E-state index is 12.9. The van der Waals surface area contributed by atoms with Gasteiger partial charge in [0, 0.05) is 24.7 Å². The lowest BCUT2D eigenvalue weighted by molar-refractivity contribution is -0.184. The lowest BCUT2D eigenvalue weighted by Crippen LogP contribution is -2.44. The number of para-hydroxylation sites is 1. The predicted molar refractivity (Wildman–Crippen MR) is 76.4 cm³/mol. The van der Waals surface area contributed by atoms with Crippen molar-refractivity contribution in [1.29, 1.82) is 0 Å². The van der Waals surface area contributed by atoms with Crippen molar-refractivity contribution >= 4 is 16.8 Å². The van der Waals surface area contributed by atoms with Crippen LogP contribution in [-0.4, -0.2) is 35.1 Å². The molecule has 22 heavy (non-hydrogen) atoms. The van der Waals surface area contributed by atoms with E-state index in [1.807, 2.05) is 12.1 Å². The molecule has 0 unspecified atom stereocenters. The SMILES string of the molecule is O=C(c1cccc2cccnc12)N1CCC[C@H](C(F)(F)F)C1. The monoisotopic (exact) mass is 308 g/mol. The second kappa shape index (κ2) is 5.59. The van der Waals surface area contributed by atoms with Crippen molar-refractivity contribution in [2.45, 2.75) is 19.0 Å². The smallest absolute Gasteiger partial charge is 0.338 e. The van der Waals surface area contributed by atoms with E-state index in [0.29, 0.717) is 24.0 Å². The molecule has 2 heterocycles. The van der Waals surface area contributed by atoms with E-state index in [0.717, 1.165) is 5.39 Å². The number of fused-ring (bicyclic) bond motifs is 1. The number of nitrogens with zero attached hydrogens (tertiary/aromatic N) is 2. The fourth-order valence-corrected chi connectivity index (χ4v) is 2.88. The van der Waals surface area contributed by atoms with Crippen molar-refractivity contribution in [1.82, 2.24) is 9.88 Å². The highest BCUT2D eigenvalue weighted by molar-refractivity contribution is 6.05. The van der Waals surface area contributed by atoms with Crippen molar-refractivity contribution in [3.8, 4) is 0 Å². The zero-order valence-corrected chi connectivity index (χ0v) is 11.8. The number of piperidine rings is 1. The van der Waals surface area contributed by atoms with Crippen molar-refractivity contribution < 1.29 is 18.0 Å². The third kappa shape index (κ3) is 2.77. The number of halogens is 3. The van der Waals surface area contributed by atoms with Gasteiger partial charge in [-0.2, -0.15) is 13.2 Å². The highest BCUT2D eigenvalue weighted by Crippen LogP contribution is 2.33. The summed E-state index contributed by atoms with van der Waals surface area (Å²) >= 11 is 0. The number of aromatic nitrogens is 1. The summed E-state index contributed by atoms with van der Waals surface area (Å²) in [5.74, 6) is -1.81. The number of hydrogen-bond donors (Lipinski definition) is 0. The molecule has 0 spiro atoms. The highest BCUT2D eigenvalue weighted by Gasteiger charge is 2.42. The fourth-order valence-electron chi connectivity index (χ4n) is 2.88. The Morgan fingerprint density at radius 2 is 2.00 bits per heavy atom. The second-order valence-corrected chi connectivity index (χ2v) is 5.51. The average Bonchev–Trinajstić information content (AvgIpc) is 2.53. The van der Waals surface area contributed by atoms with Gasteiger partial charge in [0.15, 0.2) is 0 Å². The van der Waals surface area contributed by atoms with Crippen molar-refractivity contribution in [2.24, 2.45) is 5.92 Å². The van der Waals surface area contributed by atoms with E-state index in [4.69, 9.17) is 0 Å². The van der Waals surface area contributed by atoms with Crippen LogP contribution in [0.4, 0.5) is 13.2 Å². The van der Waals surface area contributed by atoms with Gasteiger partial charge in [0.2, 0.25) is 0 Å². The van der Waals surface area contributed by atoms with Crippen LogP contribution < -0.4 is 0 Å². The summed E-state index contributed by atoms with van der Waals surface area (Å²) < 4.78 is 38.6. The van der Waals surface area contributed by atoms with E-state index >= 15 is 0 Å². The van der Waals surface area contributed by atoms with Gasteiger partial charge in [-0.25, -0.2) is 0 Å². The first-order chi connectivity index (χ1) is 10.5. The van der Waals surface area contributed by atoms with Gasteiger partial charge in [-0.15, -0.1) is 0 Å². The Labute approximate surface area is 125 Å². The molecule has 3 nitrogen and oxygen atoms in total. The van der Waals surface area contributed by atoms with Gasteiger partial charge in [0.25, 0.3) is 5.91 Å². The average molecular weight is 308 g/mol. The van der Waals surface area contributed by atoms with Crippen molar-refractivity contribution in [2.75, 3.05) is 13.1 Å². The Morgan fingerprint density at radius 3 is 2.77 bits per heavy atom. The Morgan fingerprint density at radius 1 is 1.23 bits per heavy atom. The minimum atomic E-state index is -4.25. The largest absolute Gasteiger partial charge is 0.393 e. The van der Waals surface area contributed by atoms with Gasteiger partial charge in [-0.1, -0.05) is 18.2 Å². The summed E-state index contributed by atoms with van der Waals surface area (Å²) in [6.45, 7) is 0.0835. The Hall–Kier alpha value is -2.11. The third-order valence-corrected chi connectivity index (χ3v) is 4.03. The third-order valence-electron chi connectivity index (χ3n) is 4.03. The molecule has 0 N–H and O–H groups in total. The fraction of sp³-hybridized carbons (Fsp3) is 0.375. The standard InChI is InChI=1S/C16H15F3N2O/c17-16(18,19)12-6-3-9-21(10-12)15(22)13-7-1-4-11-5-2-8-20-14(11)13/h1-2,4-5,7-8,12H,3,6,9-10H2/t12-/m0/s1. The number of carbonyl (C=O) groups excluding carboxylic acids is 1. The molecular weight excluding hydrogens is 293 g/mol. The molecule has 1 aliphatic rings. The van der Waals surface area contributed by atoms with E-state index in [-0.39, 0.29) is 18.9 Å². The van der Waals surface area contributed by atoms with Crippen molar-refractivity contribution in [3.05, 3.63) is 42.1 Å². The normalized spacial score (nSPS) is 19.4. The molecule has 1 saturated heterocycles. The Balaban J connectivity index is 1.90. The van der Waals surface area contributed by atoms with Crippen LogP contribution in [-0.2, 0) is 0 Å². The summed E-state index contributed by atoms with van der Waals surface area (Å²) in [6.07, 6.45) is -2.22. The quantitative estimate of drug-likeness (QED) is 0.805. The summed E-state index contributed by atoms with van der Waals surface area (Å²) in [4.78, 5) is 18.1. The molecule has 0 radical (unpaired) electrons. The lowest BCUT2D eigenvalue weighted by atomic mass is 9.96. The summed E-state index contributed by atoms with van der Waals surface area (Å²) in [6, 6.07) is 8.76. The first-order valence-corrected chi connectivity index (χ1v) is 7.16. The molecule has 1 atom stereocenters. The number of rotatable bonds is 1. The first kappa shape index (κ1) is 14.8. The van der Waals surface area contributed by atoms with Gasteiger partial charge in [-0.05, 0) is 25.0 Å². The number of pyridine rings is 1. The molecule has 116 valence electrons. The minimum Gasteiger partial charge on any atom is -0.338 e. The molecule has 6 heteroatoms. The van der Waals surface area contributed by atoms with Gasteiger partial charge < -0.3 is 4.90 Å². The van der Waals surface area contributed by atoms with E-state index in [2.05, 4.69) is 4.98 Å². The molecule has 0 aliphatic carbocycles. The van der Waals surface area contributed by atoms with Crippen LogP contribution in [0.5, 0.6) is 0 Å². The summed E-state index contributed by atoms with van der Waals surface area (Å²) in [7, 11) is 0. The van der Waals surface area contributed by atoms with Crippen LogP contribution in [0.15, 0.2) is 36.5 Å². The second-order valence-electron chi connectivity index (χ2n) is 5.51. The topological polar surface area (TPSA) is 33.2 Å². The molecule has 1 aromatic heterocycles. The molecule has 1 aliphatic heterocycles. The van der Waals surface area contributed by atoms with Gasteiger partial charge >= 0.3 is 6.18 Å². The maximum Gasteiger partial charge on any atom is 0.393 e. The maximum atomic E-state index is 12.9.